The fourth-order valence-corrected chi connectivity index (χ4v) is 6.83. The van der Waals surface area contributed by atoms with Gasteiger partial charge in [-0.15, -0.1) is 0 Å². The van der Waals surface area contributed by atoms with Crippen LogP contribution in [0.4, 0.5) is 5.69 Å². The van der Waals surface area contributed by atoms with Gasteiger partial charge in [-0.3, -0.25) is 0 Å². The minimum atomic E-state index is 0.314. The summed E-state index contributed by atoms with van der Waals surface area (Å²) in [6.45, 7) is 0. The normalized spacial score (nSPS) is 40.2. The highest BCUT2D eigenvalue weighted by Gasteiger charge is 2.70. The molecule has 0 heterocycles. The number of nitrogens with two attached hydrogens (primary N) is 1. The molecule has 21 heavy (non-hydrogen) atoms. The first kappa shape index (κ1) is 10.9. The van der Waals surface area contributed by atoms with E-state index in [0.717, 1.165) is 29.4 Å². The number of hydrogen-bond acceptors (Lipinski definition) is 1. The van der Waals surface area contributed by atoms with Gasteiger partial charge in [0.25, 0.3) is 0 Å². The molecule has 4 bridgehead atoms. The number of anilines is 1. The number of benzene rings is 2. The Morgan fingerprint density at radius 1 is 0.810 bits per heavy atom. The molecule has 1 heteroatoms. The van der Waals surface area contributed by atoms with Crippen molar-refractivity contribution in [3.05, 3.63) is 53.6 Å². The van der Waals surface area contributed by atoms with Crippen LogP contribution in [0.2, 0.25) is 0 Å². The molecule has 4 saturated carbocycles. The third-order valence-corrected chi connectivity index (χ3v) is 7.18. The van der Waals surface area contributed by atoms with Crippen LogP contribution in [0.15, 0.2) is 42.5 Å². The molecule has 2 N–H and O–H groups in total. The molecule has 2 aromatic rings. The first-order valence-corrected chi connectivity index (χ1v) is 8.30. The van der Waals surface area contributed by atoms with Gasteiger partial charge in [-0.1, -0.05) is 30.3 Å². The van der Waals surface area contributed by atoms with E-state index in [0.29, 0.717) is 5.41 Å². The third kappa shape index (κ3) is 0.975. The Bertz CT molecular complexity index is 774. The van der Waals surface area contributed by atoms with Crippen LogP contribution in [-0.2, 0) is 5.41 Å². The van der Waals surface area contributed by atoms with E-state index in [9.17, 15) is 0 Å². The van der Waals surface area contributed by atoms with Crippen molar-refractivity contribution in [2.45, 2.75) is 24.7 Å². The minimum Gasteiger partial charge on any atom is -0.399 e. The molecule has 0 aliphatic heterocycles. The van der Waals surface area contributed by atoms with E-state index >= 15 is 0 Å². The molecule has 0 saturated heterocycles. The van der Waals surface area contributed by atoms with Gasteiger partial charge in [0.2, 0.25) is 0 Å². The molecule has 0 radical (unpaired) electrons. The van der Waals surface area contributed by atoms with Gasteiger partial charge in [-0.25, -0.2) is 0 Å². The lowest BCUT2D eigenvalue weighted by Crippen LogP contribution is -2.34. The Labute approximate surface area is 125 Å². The molecule has 1 spiro atoms. The summed E-state index contributed by atoms with van der Waals surface area (Å²) >= 11 is 0. The average Bonchev–Trinajstić information content (AvgIpc) is 3.26. The highest BCUT2D eigenvalue weighted by molar-refractivity contribution is 5.83. The van der Waals surface area contributed by atoms with Crippen LogP contribution in [0.3, 0.4) is 0 Å². The Hall–Kier alpha value is -1.76. The zero-order valence-electron chi connectivity index (χ0n) is 12.0. The lowest BCUT2D eigenvalue weighted by Gasteiger charge is -2.36. The van der Waals surface area contributed by atoms with Gasteiger partial charge in [0.15, 0.2) is 0 Å². The van der Waals surface area contributed by atoms with Gasteiger partial charge in [0.05, 0.1) is 0 Å². The number of nitrogen functional groups attached to an aromatic ring is 1. The molecule has 0 amide bonds. The van der Waals surface area contributed by atoms with Crippen LogP contribution in [0.25, 0.3) is 11.1 Å². The van der Waals surface area contributed by atoms with Gasteiger partial charge in [-0.05, 0) is 77.3 Å². The Morgan fingerprint density at radius 2 is 1.52 bits per heavy atom. The Morgan fingerprint density at radius 3 is 2.29 bits per heavy atom. The van der Waals surface area contributed by atoms with E-state index < -0.39 is 0 Å². The largest absolute Gasteiger partial charge is 0.399 e. The van der Waals surface area contributed by atoms with Crippen molar-refractivity contribution in [1.82, 2.24) is 0 Å². The third-order valence-electron chi connectivity index (χ3n) is 7.18. The monoisotopic (exact) mass is 273 g/mol. The van der Waals surface area contributed by atoms with Crippen molar-refractivity contribution in [3.8, 4) is 11.1 Å². The second kappa shape index (κ2) is 3.19. The summed E-state index contributed by atoms with van der Waals surface area (Å²) < 4.78 is 0. The van der Waals surface area contributed by atoms with Crippen molar-refractivity contribution in [3.63, 3.8) is 0 Å². The lowest BCUT2D eigenvalue weighted by molar-refractivity contribution is 0.307. The summed E-state index contributed by atoms with van der Waals surface area (Å²) in [4.78, 5) is 0. The van der Waals surface area contributed by atoms with Crippen LogP contribution < -0.4 is 5.73 Å². The molecule has 5 aliphatic rings. The number of fused-ring (bicyclic) bond motifs is 3. The van der Waals surface area contributed by atoms with Gasteiger partial charge >= 0.3 is 0 Å². The predicted octanol–water partition coefficient (Wildman–Crippen LogP) is 4.21. The predicted molar refractivity (Wildman–Crippen MR) is 84.9 cm³/mol. The summed E-state index contributed by atoms with van der Waals surface area (Å²) in [6, 6.07) is 15.8. The Balaban J connectivity index is 1.75. The number of rotatable bonds is 0. The first-order chi connectivity index (χ1) is 10.3. The summed E-state index contributed by atoms with van der Waals surface area (Å²) in [5, 5.41) is 0. The van der Waals surface area contributed by atoms with Gasteiger partial charge in [0.1, 0.15) is 0 Å². The molecule has 2 aromatic carbocycles. The first-order valence-electron chi connectivity index (χ1n) is 8.30. The summed E-state index contributed by atoms with van der Waals surface area (Å²) in [5.41, 5.74) is 13.5. The topological polar surface area (TPSA) is 26.0 Å². The molecular weight excluding hydrogens is 254 g/mol. The van der Waals surface area contributed by atoms with Crippen molar-refractivity contribution in [2.75, 3.05) is 5.73 Å². The fourth-order valence-electron chi connectivity index (χ4n) is 6.83. The van der Waals surface area contributed by atoms with Gasteiger partial charge in [0, 0.05) is 11.1 Å². The van der Waals surface area contributed by atoms with Crippen LogP contribution in [0, 0.1) is 23.7 Å². The van der Waals surface area contributed by atoms with E-state index in [4.69, 9.17) is 5.73 Å². The maximum atomic E-state index is 6.17. The van der Waals surface area contributed by atoms with E-state index in [-0.39, 0.29) is 0 Å². The number of hydrogen-bond donors (Lipinski definition) is 1. The van der Waals surface area contributed by atoms with Crippen LogP contribution in [-0.4, -0.2) is 0 Å². The highest BCUT2D eigenvalue weighted by Crippen LogP contribution is 2.76. The van der Waals surface area contributed by atoms with Crippen LogP contribution >= 0.6 is 0 Å². The molecular formula is C20H19N. The second-order valence-electron chi connectivity index (χ2n) is 7.66. The molecule has 4 unspecified atom stereocenters. The molecule has 4 fully saturated rings. The van der Waals surface area contributed by atoms with Crippen molar-refractivity contribution in [2.24, 2.45) is 23.7 Å². The smallest absolute Gasteiger partial charge is 0.0317 e. The fraction of sp³-hybridized carbons (Fsp3) is 0.400. The molecule has 5 aliphatic carbocycles. The minimum absolute atomic E-state index is 0.314. The molecule has 0 aromatic heterocycles. The highest BCUT2D eigenvalue weighted by atomic mass is 14.7. The Kier molecular flexibility index (Phi) is 1.65. The molecule has 4 atom stereocenters. The molecule has 7 rings (SSSR count). The second-order valence-corrected chi connectivity index (χ2v) is 7.66. The van der Waals surface area contributed by atoms with Crippen molar-refractivity contribution >= 4 is 5.69 Å². The zero-order valence-corrected chi connectivity index (χ0v) is 12.0. The lowest BCUT2D eigenvalue weighted by atomic mass is 9.66. The van der Waals surface area contributed by atoms with E-state index in [1.54, 1.807) is 11.1 Å². The van der Waals surface area contributed by atoms with Crippen molar-refractivity contribution < 1.29 is 0 Å². The molecule has 104 valence electrons. The molecule has 1 nitrogen and oxygen atoms in total. The maximum absolute atomic E-state index is 6.17. The van der Waals surface area contributed by atoms with Gasteiger partial charge in [-0.2, -0.15) is 0 Å². The van der Waals surface area contributed by atoms with Crippen LogP contribution in [0.5, 0.6) is 0 Å². The van der Waals surface area contributed by atoms with Crippen LogP contribution in [0.1, 0.15) is 30.4 Å². The average molecular weight is 273 g/mol. The van der Waals surface area contributed by atoms with Crippen molar-refractivity contribution in [1.29, 1.82) is 0 Å². The zero-order chi connectivity index (χ0) is 13.8. The standard InChI is InChI=1S/C20H19N/c21-13-5-6-15-14-3-1-2-4-16(14)20(19(15)10-13)17-8-11-7-12(17)9-18(11)20/h1-6,10-12,17-18H,7-9,21H2. The summed E-state index contributed by atoms with van der Waals surface area (Å²) in [7, 11) is 0. The SMILES string of the molecule is Nc1ccc2c(c1)C1(c3ccccc3-2)C2CC3CC2CC31. The van der Waals surface area contributed by atoms with E-state index in [2.05, 4.69) is 42.5 Å². The van der Waals surface area contributed by atoms with Gasteiger partial charge < -0.3 is 5.73 Å². The summed E-state index contributed by atoms with van der Waals surface area (Å²) in [5.74, 6) is 3.69. The quantitative estimate of drug-likeness (QED) is 0.715. The van der Waals surface area contributed by atoms with E-state index in [1.165, 1.54) is 30.4 Å². The summed E-state index contributed by atoms with van der Waals surface area (Å²) in [6.07, 6.45) is 4.41. The maximum Gasteiger partial charge on any atom is 0.0317 e. The van der Waals surface area contributed by atoms with E-state index in [1.807, 2.05) is 0 Å².